The summed E-state index contributed by atoms with van der Waals surface area (Å²) in [6, 6.07) is 8.27. The fourth-order valence-electron chi connectivity index (χ4n) is 3.46. The van der Waals surface area contributed by atoms with Gasteiger partial charge in [-0.15, -0.1) is 0 Å². The largest absolute Gasteiger partial charge is 0.493 e. The molecule has 6 heteroatoms. The average molecular weight is 314 g/mol. The summed E-state index contributed by atoms with van der Waals surface area (Å²) in [5.41, 5.74) is 1.19. The van der Waals surface area contributed by atoms with Crippen LogP contribution in [0.25, 0.3) is 0 Å². The molecule has 3 rings (SSSR count). The van der Waals surface area contributed by atoms with Crippen LogP contribution >= 0.6 is 0 Å². The van der Waals surface area contributed by atoms with Gasteiger partial charge < -0.3 is 10.1 Å². The van der Waals surface area contributed by atoms with E-state index >= 15 is 0 Å². The van der Waals surface area contributed by atoms with E-state index in [-0.39, 0.29) is 18.0 Å². The highest BCUT2D eigenvalue weighted by Gasteiger charge is 2.36. The van der Waals surface area contributed by atoms with E-state index in [4.69, 9.17) is 4.74 Å². The fraction of sp³-hybridized carbons (Fsp3) is 0.625. The van der Waals surface area contributed by atoms with Gasteiger partial charge in [0.25, 0.3) is 0 Å². The number of hydrogen-bond acceptors (Lipinski definition) is 3. The van der Waals surface area contributed by atoms with Crippen LogP contribution in [0.2, 0.25) is 0 Å². The lowest BCUT2D eigenvalue weighted by Gasteiger charge is -2.24. The van der Waals surface area contributed by atoms with Crippen molar-refractivity contribution in [2.24, 2.45) is 0 Å². The zero-order valence-corrected chi connectivity index (χ0v) is 12.6. The van der Waals surface area contributed by atoms with Crippen LogP contribution in [0.3, 0.4) is 0 Å². The van der Waals surface area contributed by atoms with Crippen LogP contribution in [0.4, 0.5) is 13.2 Å². The van der Waals surface area contributed by atoms with Crippen molar-refractivity contribution >= 4 is 0 Å². The van der Waals surface area contributed by atoms with Gasteiger partial charge in [0.2, 0.25) is 0 Å². The Labute approximate surface area is 128 Å². The molecule has 0 aromatic heterocycles. The molecule has 22 heavy (non-hydrogen) atoms. The fourth-order valence-corrected chi connectivity index (χ4v) is 3.46. The van der Waals surface area contributed by atoms with Crippen molar-refractivity contribution in [3.05, 3.63) is 29.8 Å². The molecule has 2 heterocycles. The second-order valence-corrected chi connectivity index (χ2v) is 6.25. The first-order chi connectivity index (χ1) is 10.4. The van der Waals surface area contributed by atoms with Crippen molar-refractivity contribution in [3.8, 4) is 5.75 Å². The van der Waals surface area contributed by atoms with Gasteiger partial charge in [0.1, 0.15) is 5.75 Å². The number of fused-ring (bicyclic) bond motifs is 1. The highest BCUT2D eigenvalue weighted by atomic mass is 19.4. The number of likely N-dealkylation sites (tertiary alicyclic amines) is 1. The Balaban J connectivity index is 1.54. The van der Waals surface area contributed by atoms with Crippen LogP contribution in [0.1, 0.15) is 24.8 Å². The van der Waals surface area contributed by atoms with Gasteiger partial charge in [0, 0.05) is 36.7 Å². The van der Waals surface area contributed by atoms with E-state index in [1.807, 2.05) is 18.2 Å². The average Bonchev–Trinajstić information content (AvgIpc) is 3.03. The second-order valence-electron chi connectivity index (χ2n) is 6.25. The topological polar surface area (TPSA) is 24.5 Å². The number of benzene rings is 1. The highest BCUT2D eigenvalue weighted by Crippen LogP contribution is 2.35. The monoisotopic (exact) mass is 314 g/mol. The summed E-state index contributed by atoms with van der Waals surface area (Å²) in [6.45, 7) is 2.87. The number of ether oxygens (including phenoxy) is 1. The summed E-state index contributed by atoms with van der Waals surface area (Å²) in [5.74, 6) is 1.18. The van der Waals surface area contributed by atoms with Gasteiger partial charge in [0.15, 0.2) is 0 Å². The minimum absolute atomic E-state index is 0.116. The molecular formula is C16H21F3N2O. The zero-order chi connectivity index (χ0) is 15.7. The van der Waals surface area contributed by atoms with Crippen molar-refractivity contribution in [2.75, 3.05) is 26.2 Å². The van der Waals surface area contributed by atoms with E-state index in [9.17, 15) is 13.2 Å². The highest BCUT2D eigenvalue weighted by molar-refractivity contribution is 5.40. The van der Waals surface area contributed by atoms with Crippen LogP contribution in [-0.4, -0.2) is 49.4 Å². The second kappa shape index (κ2) is 6.08. The first-order valence-electron chi connectivity index (χ1n) is 7.69. The first kappa shape index (κ1) is 15.6. The molecule has 0 saturated carbocycles. The van der Waals surface area contributed by atoms with Crippen molar-refractivity contribution in [1.82, 2.24) is 10.2 Å². The summed E-state index contributed by atoms with van der Waals surface area (Å²) in [4.78, 5) is 1.48. The Morgan fingerprint density at radius 1 is 1.36 bits per heavy atom. The van der Waals surface area contributed by atoms with Gasteiger partial charge in [0.05, 0.1) is 13.2 Å². The molecule has 2 aliphatic heterocycles. The van der Waals surface area contributed by atoms with Crippen molar-refractivity contribution in [1.29, 1.82) is 0 Å². The van der Waals surface area contributed by atoms with Gasteiger partial charge in [-0.25, -0.2) is 0 Å². The first-order valence-corrected chi connectivity index (χ1v) is 7.69. The summed E-state index contributed by atoms with van der Waals surface area (Å²) >= 11 is 0. The predicted molar refractivity (Wildman–Crippen MR) is 78.2 cm³/mol. The van der Waals surface area contributed by atoms with E-state index < -0.39 is 12.7 Å². The molecule has 122 valence electrons. The van der Waals surface area contributed by atoms with Crippen LogP contribution in [0.15, 0.2) is 24.3 Å². The summed E-state index contributed by atoms with van der Waals surface area (Å²) in [6.07, 6.45) is -3.35. The van der Waals surface area contributed by atoms with Crippen LogP contribution in [0.5, 0.6) is 5.75 Å². The van der Waals surface area contributed by atoms with Crippen molar-refractivity contribution in [3.63, 3.8) is 0 Å². The Morgan fingerprint density at radius 2 is 2.14 bits per heavy atom. The van der Waals surface area contributed by atoms with E-state index in [1.165, 1.54) is 10.5 Å². The van der Waals surface area contributed by atoms with Crippen molar-refractivity contribution in [2.45, 2.75) is 37.5 Å². The molecule has 0 bridgehead atoms. The van der Waals surface area contributed by atoms with Gasteiger partial charge >= 0.3 is 6.18 Å². The molecule has 2 aliphatic rings. The molecular weight excluding hydrogens is 293 g/mol. The molecule has 0 aliphatic carbocycles. The maximum atomic E-state index is 12.4. The maximum absolute atomic E-state index is 12.4. The zero-order valence-electron chi connectivity index (χ0n) is 12.6. The Bertz CT molecular complexity index is 520. The number of hydrogen-bond donors (Lipinski definition) is 1. The summed E-state index contributed by atoms with van der Waals surface area (Å²) in [7, 11) is 0. The Hall–Kier alpha value is -1.27. The minimum atomic E-state index is -4.11. The van der Waals surface area contributed by atoms with Crippen LogP contribution in [-0.2, 0) is 0 Å². The van der Waals surface area contributed by atoms with Gasteiger partial charge in [-0.05, 0) is 19.4 Å². The third-order valence-corrected chi connectivity index (χ3v) is 4.51. The predicted octanol–water partition coefficient (Wildman–Crippen LogP) is 2.78. The molecule has 1 saturated heterocycles. The normalized spacial score (nSPS) is 26.7. The van der Waals surface area contributed by atoms with E-state index in [2.05, 4.69) is 18.3 Å². The quantitative estimate of drug-likeness (QED) is 0.925. The Kier molecular flexibility index (Phi) is 4.32. The molecule has 0 amide bonds. The standard InChI is InChI=1S/C16H21F3N2O/c1-11(14-9-22-15-5-3-2-4-13(14)15)20-12-6-7-21(8-12)10-16(17,18)19/h2-5,11-12,14,20H,6-10H2,1H3/t11-,12-,14-/m0/s1. The van der Waals surface area contributed by atoms with E-state index in [0.717, 1.165) is 12.2 Å². The molecule has 0 unspecified atom stereocenters. The van der Waals surface area contributed by atoms with Gasteiger partial charge in [-0.3, -0.25) is 4.90 Å². The molecule has 3 nitrogen and oxygen atoms in total. The lowest BCUT2D eigenvalue weighted by atomic mass is 9.94. The molecule has 0 spiro atoms. The van der Waals surface area contributed by atoms with Crippen LogP contribution in [0, 0.1) is 0 Å². The van der Waals surface area contributed by atoms with E-state index in [0.29, 0.717) is 19.7 Å². The molecule has 0 radical (unpaired) electrons. The Morgan fingerprint density at radius 3 is 2.91 bits per heavy atom. The maximum Gasteiger partial charge on any atom is 0.401 e. The third-order valence-electron chi connectivity index (χ3n) is 4.51. The van der Waals surface area contributed by atoms with E-state index in [1.54, 1.807) is 0 Å². The summed E-state index contributed by atoms with van der Waals surface area (Å²) in [5, 5.41) is 3.49. The number of para-hydroxylation sites is 1. The van der Waals surface area contributed by atoms with Crippen molar-refractivity contribution < 1.29 is 17.9 Å². The molecule has 3 atom stereocenters. The number of rotatable bonds is 4. The van der Waals surface area contributed by atoms with Gasteiger partial charge in [-0.1, -0.05) is 18.2 Å². The third kappa shape index (κ3) is 3.55. The molecule has 1 aromatic rings. The molecule has 1 N–H and O–H groups in total. The summed E-state index contributed by atoms with van der Waals surface area (Å²) < 4.78 is 43.0. The smallest absolute Gasteiger partial charge is 0.401 e. The number of nitrogens with one attached hydrogen (secondary N) is 1. The number of halogens is 3. The van der Waals surface area contributed by atoms with Gasteiger partial charge in [-0.2, -0.15) is 13.2 Å². The number of alkyl halides is 3. The lowest BCUT2D eigenvalue weighted by molar-refractivity contribution is -0.143. The molecule has 1 aromatic carbocycles. The minimum Gasteiger partial charge on any atom is -0.493 e. The molecule has 1 fully saturated rings. The lowest BCUT2D eigenvalue weighted by Crippen LogP contribution is -2.43. The SMILES string of the molecule is C[C@H](N[C@H]1CCN(CC(F)(F)F)C1)[C@@H]1COc2ccccc21. The van der Waals surface area contributed by atoms with Crippen LogP contribution < -0.4 is 10.1 Å². The number of nitrogens with zero attached hydrogens (tertiary/aromatic N) is 1.